The van der Waals surface area contributed by atoms with E-state index < -0.39 is 66.8 Å². The highest BCUT2D eigenvalue weighted by Gasteiger charge is 2.54. The van der Waals surface area contributed by atoms with E-state index in [4.69, 9.17) is 21.1 Å². The second-order valence-corrected chi connectivity index (χ2v) is 14.8. The minimum atomic E-state index is -1.98. The Morgan fingerprint density at radius 1 is 0.981 bits per heavy atom. The van der Waals surface area contributed by atoms with Crippen LogP contribution in [0.4, 0.5) is 0 Å². The number of carboxylic acids is 1. The largest absolute Gasteiger partial charge is 0.506 e. The van der Waals surface area contributed by atoms with Crippen LogP contribution < -0.4 is 16.0 Å². The van der Waals surface area contributed by atoms with Gasteiger partial charge in [0, 0.05) is 32.1 Å². The number of benzene rings is 2. The summed E-state index contributed by atoms with van der Waals surface area (Å²) in [7, 11) is 0. The molecule has 2 fully saturated rings. The van der Waals surface area contributed by atoms with Crippen molar-refractivity contribution in [1.29, 1.82) is 0 Å². The van der Waals surface area contributed by atoms with E-state index in [-0.39, 0.29) is 40.6 Å². The molecule has 0 aromatic heterocycles. The molecular weight excluding hydrogens is 710 g/mol. The first kappa shape index (κ1) is 40.4. The zero-order chi connectivity index (χ0) is 38.3. The Balaban J connectivity index is 1.47. The van der Waals surface area contributed by atoms with Crippen molar-refractivity contribution < 1.29 is 54.2 Å². The molecule has 2 aromatic rings. The highest BCUT2D eigenvalue weighted by atomic mass is 35.5. The first-order valence-electron chi connectivity index (χ1n) is 18.3. The van der Waals surface area contributed by atoms with Gasteiger partial charge in [-0.05, 0) is 80.2 Å². The summed E-state index contributed by atoms with van der Waals surface area (Å²) in [4.78, 5) is 51.5. The average Bonchev–Trinajstić information content (AvgIpc) is 3.13. The molecule has 290 valence electrons. The lowest BCUT2D eigenvalue weighted by Crippen LogP contribution is -2.67. The Bertz CT molecular complexity index is 1640. The number of phenolic OH excluding ortho intramolecular Hbond substituents is 1. The molecule has 3 amide bonds. The fourth-order valence-corrected chi connectivity index (χ4v) is 7.79. The summed E-state index contributed by atoms with van der Waals surface area (Å²) < 4.78 is 11.6. The van der Waals surface area contributed by atoms with Crippen molar-refractivity contribution in [1.82, 2.24) is 16.0 Å². The number of hydrogen-bond donors (Lipinski definition) is 8. The van der Waals surface area contributed by atoms with Crippen LogP contribution in [0.1, 0.15) is 91.4 Å². The zero-order valence-electron chi connectivity index (χ0n) is 29.8. The van der Waals surface area contributed by atoms with Crippen LogP contribution in [0.15, 0.2) is 36.4 Å². The van der Waals surface area contributed by atoms with Crippen LogP contribution in [0.5, 0.6) is 5.75 Å². The molecular formula is C38H50ClN3O11. The van der Waals surface area contributed by atoms with E-state index in [0.717, 1.165) is 24.0 Å². The molecule has 3 unspecified atom stereocenters. The van der Waals surface area contributed by atoms with Crippen molar-refractivity contribution >= 4 is 35.3 Å². The van der Waals surface area contributed by atoms with E-state index in [2.05, 4.69) is 16.0 Å². The molecule has 2 saturated heterocycles. The van der Waals surface area contributed by atoms with Crippen LogP contribution in [-0.4, -0.2) is 105 Å². The number of amides is 3. The van der Waals surface area contributed by atoms with Crippen LogP contribution in [0, 0.1) is 5.92 Å². The number of aromatic hydroxyl groups is 1. The van der Waals surface area contributed by atoms with Crippen molar-refractivity contribution in [3.8, 4) is 5.75 Å². The van der Waals surface area contributed by atoms with Gasteiger partial charge in [-0.15, -0.1) is 0 Å². The third kappa shape index (κ3) is 10.0. The Morgan fingerprint density at radius 3 is 2.49 bits per heavy atom. The van der Waals surface area contributed by atoms with Crippen molar-refractivity contribution in [3.63, 3.8) is 0 Å². The number of phenols is 1. The summed E-state index contributed by atoms with van der Waals surface area (Å²) in [5, 5.41) is 62.9. The number of aliphatic carboxylic acids is 1. The standard InChI is InChI=1S/C38H50ClN3O11/c1-21(43)41-31-29(44)18-38(37(50)51)13-5-8-22-7-4-10-23(15-22)28(42-36(49)25-11-6-14-52-20-25)12-3-2-9-24-16-26(17-27(39)32(24)46)35(48)40-19-30(45)33(47)34(31)53-38/h4,7,10,15-17,25,28-31,33-34,44-47H,2-3,5-6,8-9,11-14,18-20H2,1H3,(H,40,48)(H,41,43)(H,42,49)(H,50,51)/t25?,28?,29-,30+,31+,33?,34+,38+/m0/s1. The van der Waals surface area contributed by atoms with Crippen molar-refractivity contribution in [3.05, 3.63) is 63.7 Å². The Labute approximate surface area is 313 Å². The fraction of sp³-hybridized carbons (Fsp3) is 0.579. The first-order valence-corrected chi connectivity index (χ1v) is 18.6. The van der Waals surface area contributed by atoms with E-state index in [0.29, 0.717) is 57.3 Å². The molecule has 8 N–H and O–H groups in total. The van der Waals surface area contributed by atoms with E-state index in [9.17, 15) is 44.7 Å². The van der Waals surface area contributed by atoms with Gasteiger partial charge >= 0.3 is 5.97 Å². The summed E-state index contributed by atoms with van der Waals surface area (Å²) in [5.74, 6) is -3.15. The second-order valence-electron chi connectivity index (χ2n) is 14.4. The number of carbonyl (C=O) groups is 4. The minimum Gasteiger partial charge on any atom is -0.506 e. The molecule has 2 aromatic carbocycles. The number of nitrogens with one attached hydrogen (secondary N) is 3. The number of carboxylic acid groups (broad SMARTS) is 1. The molecule has 14 nitrogen and oxygen atoms in total. The molecule has 0 radical (unpaired) electrons. The molecule has 3 aliphatic rings. The molecule has 3 aliphatic heterocycles. The third-order valence-corrected chi connectivity index (χ3v) is 10.8. The highest BCUT2D eigenvalue weighted by molar-refractivity contribution is 6.32. The molecule has 8 atom stereocenters. The number of ether oxygens (including phenoxy) is 2. The van der Waals surface area contributed by atoms with Gasteiger partial charge < -0.3 is 51.0 Å². The minimum absolute atomic E-state index is 0.0490. The zero-order valence-corrected chi connectivity index (χ0v) is 30.5. The lowest BCUT2D eigenvalue weighted by atomic mass is 9.80. The van der Waals surface area contributed by atoms with Crippen molar-refractivity contribution in [2.24, 2.45) is 5.92 Å². The summed E-state index contributed by atoms with van der Waals surface area (Å²) in [5.41, 5.74) is 0.299. The van der Waals surface area contributed by atoms with Gasteiger partial charge in [0.15, 0.2) is 5.60 Å². The van der Waals surface area contributed by atoms with Gasteiger partial charge in [-0.25, -0.2) is 4.79 Å². The number of hydrogen-bond acceptors (Lipinski definition) is 10. The van der Waals surface area contributed by atoms with E-state index in [1.54, 1.807) is 0 Å². The number of carbonyl (C=O) groups excluding carboxylic acids is 3. The molecule has 5 rings (SSSR count). The third-order valence-electron chi connectivity index (χ3n) is 10.5. The van der Waals surface area contributed by atoms with Gasteiger partial charge in [0.05, 0.1) is 41.8 Å². The number of β-amino-alcohol motifs (C(OH)–C–C–N with tert-alkyl or cyclic N) is 1. The summed E-state index contributed by atoms with van der Waals surface area (Å²) in [6.07, 6.45) is -2.60. The van der Waals surface area contributed by atoms with Gasteiger partial charge in [-0.1, -0.05) is 42.3 Å². The van der Waals surface area contributed by atoms with Crippen LogP contribution in [0.2, 0.25) is 5.02 Å². The number of fused-ring (bicyclic) bond motifs is 6. The van der Waals surface area contributed by atoms with Gasteiger partial charge in [0.1, 0.15) is 18.0 Å². The Morgan fingerprint density at radius 2 is 1.77 bits per heavy atom. The predicted molar refractivity (Wildman–Crippen MR) is 192 cm³/mol. The maximum absolute atomic E-state index is 13.4. The number of aliphatic hydroxyl groups excluding tert-OH is 3. The number of rotatable bonds is 4. The fourth-order valence-electron chi connectivity index (χ4n) is 7.55. The summed E-state index contributed by atoms with van der Waals surface area (Å²) in [6, 6.07) is 8.83. The van der Waals surface area contributed by atoms with Gasteiger partial charge in [-0.3, -0.25) is 14.4 Å². The van der Waals surface area contributed by atoms with Gasteiger partial charge in [0.25, 0.3) is 5.91 Å². The van der Waals surface area contributed by atoms with Gasteiger partial charge in [0.2, 0.25) is 11.8 Å². The average molecular weight is 760 g/mol. The summed E-state index contributed by atoms with van der Waals surface area (Å²) >= 11 is 6.31. The molecule has 0 aliphatic carbocycles. The van der Waals surface area contributed by atoms with Gasteiger partial charge in [-0.2, -0.15) is 0 Å². The van der Waals surface area contributed by atoms with E-state index in [1.165, 1.54) is 19.1 Å². The number of aliphatic hydroxyl groups is 3. The molecule has 15 heteroatoms. The van der Waals surface area contributed by atoms with Crippen molar-refractivity contribution in [2.45, 2.75) is 113 Å². The number of halogens is 1. The predicted octanol–water partition coefficient (Wildman–Crippen LogP) is 2.31. The molecule has 3 heterocycles. The topological polar surface area (TPSA) is 224 Å². The Kier molecular flexibility index (Phi) is 13.7. The molecule has 53 heavy (non-hydrogen) atoms. The lowest BCUT2D eigenvalue weighted by Gasteiger charge is -2.47. The molecule has 6 bridgehead atoms. The quantitative estimate of drug-likeness (QED) is 0.226. The van der Waals surface area contributed by atoms with E-state index in [1.807, 2.05) is 24.3 Å². The first-order chi connectivity index (χ1) is 25.3. The molecule has 0 saturated carbocycles. The van der Waals surface area contributed by atoms with Crippen molar-refractivity contribution in [2.75, 3.05) is 19.8 Å². The normalized spacial score (nSPS) is 30.4. The SMILES string of the molecule is CC(=O)N[C@@H]1[C@@H](O)C[C@@]2(C(=O)O)CCCc3cccc(c3)C(NC(=O)C3CCCOC3)CCCCc3cc(cc(Cl)c3O)C(=O)NC[C@@H](O)C(O)[C@@H]1O2. The van der Waals surface area contributed by atoms with Crippen LogP contribution in [0.25, 0.3) is 0 Å². The molecule has 0 spiro atoms. The maximum atomic E-state index is 13.4. The highest BCUT2D eigenvalue weighted by Crippen LogP contribution is 2.37. The maximum Gasteiger partial charge on any atom is 0.336 e. The van der Waals surface area contributed by atoms with Crippen LogP contribution >= 0.6 is 11.6 Å². The Hall–Kier alpha value is -3.79. The smallest absolute Gasteiger partial charge is 0.336 e. The second kappa shape index (κ2) is 18.0. The number of aryl methyl sites for hydroxylation is 2. The van der Waals surface area contributed by atoms with Crippen LogP contribution in [-0.2, 0) is 36.7 Å². The monoisotopic (exact) mass is 759 g/mol. The lowest BCUT2D eigenvalue weighted by molar-refractivity contribution is -0.229. The van der Waals surface area contributed by atoms with E-state index >= 15 is 0 Å². The van der Waals surface area contributed by atoms with Crippen LogP contribution in [0.3, 0.4) is 0 Å². The summed E-state index contributed by atoms with van der Waals surface area (Å²) in [6.45, 7) is 1.66.